The van der Waals surface area contributed by atoms with Gasteiger partial charge in [-0.2, -0.15) is 4.31 Å². The molecule has 0 aliphatic carbocycles. The number of hydrogen-bond donors (Lipinski definition) is 1. The van der Waals surface area contributed by atoms with Gasteiger partial charge in [-0.3, -0.25) is 4.79 Å². The number of hydrogen-bond acceptors (Lipinski definition) is 5. The van der Waals surface area contributed by atoms with Crippen LogP contribution in [-0.4, -0.2) is 51.0 Å². The van der Waals surface area contributed by atoms with Crippen LogP contribution in [0.1, 0.15) is 19.4 Å². The van der Waals surface area contributed by atoms with Crippen molar-refractivity contribution in [1.29, 1.82) is 0 Å². The molecule has 7 nitrogen and oxygen atoms in total. The van der Waals surface area contributed by atoms with E-state index in [2.05, 4.69) is 5.32 Å². The van der Waals surface area contributed by atoms with E-state index < -0.39 is 15.9 Å². The standard InChI is InChI=1S/C22H25FN2O5S/c1-16(2)30-21-9-8-19(31(27,28)25-11-13-29-14-12-25)15-20(21)24-22(26)10-5-17-3-6-18(23)7-4-17/h3-10,15-16H,11-14H2,1-2H3,(H,24,26)/b10-5-. The molecule has 0 unspecified atom stereocenters. The van der Waals surface area contributed by atoms with Crippen LogP contribution in [0.4, 0.5) is 10.1 Å². The minimum absolute atomic E-state index is 0.0586. The Bertz CT molecular complexity index is 1050. The maximum absolute atomic E-state index is 13.0. The minimum Gasteiger partial charge on any atom is -0.489 e. The highest BCUT2D eigenvalue weighted by atomic mass is 32.2. The van der Waals surface area contributed by atoms with Crippen molar-refractivity contribution in [3.8, 4) is 5.75 Å². The van der Waals surface area contributed by atoms with Crippen LogP contribution in [0.2, 0.25) is 0 Å². The summed E-state index contributed by atoms with van der Waals surface area (Å²) < 4.78 is 51.3. The van der Waals surface area contributed by atoms with Gasteiger partial charge < -0.3 is 14.8 Å². The van der Waals surface area contributed by atoms with Gasteiger partial charge in [-0.1, -0.05) is 12.1 Å². The molecule has 1 heterocycles. The van der Waals surface area contributed by atoms with Gasteiger partial charge in [0.15, 0.2) is 0 Å². The first-order valence-corrected chi connectivity index (χ1v) is 11.3. The first kappa shape index (κ1) is 22.9. The fourth-order valence-electron chi connectivity index (χ4n) is 2.98. The van der Waals surface area contributed by atoms with Crippen molar-refractivity contribution < 1.29 is 27.1 Å². The van der Waals surface area contributed by atoms with Gasteiger partial charge in [0.1, 0.15) is 11.6 Å². The summed E-state index contributed by atoms with van der Waals surface area (Å²) in [4.78, 5) is 12.5. The second-order valence-corrected chi connectivity index (χ2v) is 9.15. The molecule has 1 aliphatic rings. The van der Waals surface area contributed by atoms with Crippen LogP contribution in [0, 0.1) is 5.82 Å². The quantitative estimate of drug-likeness (QED) is 0.657. The van der Waals surface area contributed by atoms with Gasteiger partial charge in [-0.15, -0.1) is 0 Å². The number of amides is 1. The average molecular weight is 449 g/mol. The molecule has 0 atom stereocenters. The monoisotopic (exact) mass is 448 g/mol. The summed E-state index contributed by atoms with van der Waals surface area (Å²) in [6, 6.07) is 10.1. The molecular weight excluding hydrogens is 423 g/mol. The van der Waals surface area contributed by atoms with E-state index in [-0.39, 0.29) is 35.6 Å². The van der Waals surface area contributed by atoms with Gasteiger partial charge in [-0.25, -0.2) is 12.8 Å². The lowest BCUT2D eigenvalue weighted by molar-refractivity contribution is -0.111. The number of nitrogens with zero attached hydrogens (tertiary/aromatic N) is 1. The molecule has 0 bridgehead atoms. The van der Waals surface area contributed by atoms with Crippen LogP contribution in [-0.2, 0) is 19.6 Å². The molecule has 9 heteroatoms. The molecule has 1 aliphatic heterocycles. The molecule has 3 rings (SSSR count). The molecule has 166 valence electrons. The lowest BCUT2D eigenvalue weighted by atomic mass is 10.2. The maximum Gasteiger partial charge on any atom is 0.248 e. The van der Waals surface area contributed by atoms with Gasteiger partial charge in [0, 0.05) is 19.2 Å². The largest absolute Gasteiger partial charge is 0.489 e. The Morgan fingerprint density at radius 2 is 1.84 bits per heavy atom. The summed E-state index contributed by atoms with van der Waals surface area (Å²) in [6.07, 6.45) is 2.65. The van der Waals surface area contributed by atoms with Gasteiger partial charge >= 0.3 is 0 Å². The number of sulfonamides is 1. The summed E-state index contributed by atoms with van der Waals surface area (Å²) in [5, 5.41) is 2.68. The fraction of sp³-hybridized carbons (Fsp3) is 0.318. The molecule has 1 amide bonds. The number of morpholine rings is 1. The number of ether oxygens (including phenoxy) is 2. The zero-order valence-electron chi connectivity index (χ0n) is 17.4. The van der Waals surface area contributed by atoms with E-state index >= 15 is 0 Å². The third-order valence-corrected chi connectivity index (χ3v) is 6.37. The van der Waals surface area contributed by atoms with Crippen molar-refractivity contribution in [2.24, 2.45) is 0 Å². The Morgan fingerprint density at radius 1 is 1.16 bits per heavy atom. The molecule has 1 fully saturated rings. The molecule has 1 N–H and O–H groups in total. The zero-order chi connectivity index (χ0) is 22.4. The Labute approximate surface area is 181 Å². The Balaban J connectivity index is 1.84. The lowest BCUT2D eigenvalue weighted by Crippen LogP contribution is -2.40. The number of nitrogens with one attached hydrogen (secondary N) is 1. The second kappa shape index (κ2) is 10.0. The topological polar surface area (TPSA) is 84.9 Å². The number of carbonyl (C=O) groups excluding carboxylic acids is 1. The van der Waals surface area contributed by atoms with Crippen molar-refractivity contribution in [2.45, 2.75) is 24.8 Å². The van der Waals surface area contributed by atoms with Crippen LogP contribution in [0.5, 0.6) is 5.75 Å². The van der Waals surface area contributed by atoms with E-state index in [1.165, 1.54) is 46.8 Å². The summed E-state index contributed by atoms with van der Waals surface area (Å²) in [6.45, 7) is 4.89. The maximum atomic E-state index is 13.0. The van der Waals surface area contributed by atoms with Gasteiger partial charge in [0.05, 0.1) is 29.9 Å². The number of benzene rings is 2. The van der Waals surface area contributed by atoms with Crippen LogP contribution in [0.15, 0.2) is 53.4 Å². The highest BCUT2D eigenvalue weighted by Crippen LogP contribution is 2.30. The molecule has 0 aromatic heterocycles. The molecule has 2 aromatic carbocycles. The van der Waals surface area contributed by atoms with Crippen molar-refractivity contribution in [3.05, 3.63) is 59.9 Å². The van der Waals surface area contributed by atoms with Crippen molar-refractivity contribution in [1.82, 2.24) is 4.31 Å². The summed E-state index contributed by atoms with van der Waals surface area (Å²) in [7, 11) is -3.73. The number of anilines is 1. The zero-order valence-corrected chi connectivity index (χ0v) is 18.2. The number of rotatable bonds is 7. The number of halogens is 1. The molecule has 1 saturated heterocycles. The normalized spacial score (nSPS) is 15.4. The Morgan fingerprint density at radius 3 is 2.48 bits per heavy atom. The van der Waals surface area contributed by atoms with Gasteiger partial charge in [0.25, 0.3) is 0 Å². The van der Waals surface area contributed by atoms with Crippen molar-refractivity contribution in [3.63, 3.8) is 0 Å². The van der Waals surface area contributed by atoms with Crippen LogP contribution in [0.3, 0.4) is 0 Å². The van der Waals surface area contributed by atoms with Crippen molar-refractivity contribution >= 4 is 27.7 Å². The summed E-state index contributed by atoms with van der Waals surface area (Å²) in [5.41, 5.74) is 0.899. The molecule has 31 heavy (non-hydrogen) atoms. The van der Waals surface area contributed by atoms with E-state index in [1.54, 1.807) is 12.1 Å². The molecule has 0 spiro atoms. The highest BCUT2D eigenvalue weighted by molar-refractivity contribution is 7.89. The second-order valence-electron chi connectivity index (χ2n) is 7.22. The first-order valence-electron chi connectivity index (χ1n) is 9.89. The molecule has 0 saturated carbocycles. The van der Waals surface area contributed by atoms with E-state index in [0.29, 0.717) is 24.5 Å². The average Bonchev–Trinajstić information content (AvgIpc) is 2.75. The lowest BCUT2D eigenvalue weighted by Gasteiger charge is -2.26. The third-order valence-electron chi connectivity index (χ3n) is 4.48. The van der Waals surface area contributed by atoms with Gasteiger partial charge in [0.2, 0.25) is 15.9 Å². The van der Waals surface area contributed by atoms with Crippen LogP contribution in [0.25, 0.3) is 6.08 Å². The third kappa shape index (κ3) is 6.13. The predicted molar refractivity (Wildman–Crippen MR) is 116 cm³/mol. The molecular formula is C22H25FN2O5S. The Hall–Kier alpha value is -2.75. The Kier molecular flexibility index (Phi) is 7.42. The van der Waals surface area contributed by atoms with E-state index in [4.69, 9.17) is 9.47 Å². The van der Waals surface area contributed by atoms with E-state index in [1.807, 2.05) is 13.8 Å². The molecule has 0 radical (unpaired) electrons. The first-order chi connectivity index (χ1) is 14.8. The fourth-order valence-corrected chi connectivity index (χ4v) is 4.41. The molecule has 2 aromatic rings. The van der Waals surface area contributed by atoms with Crippen molar-refractivity contribution in [2.75, 3.05) is 31.6 Å². The van der Waals surface area contributed by atoms with Crippen LogP contribution < -0.4 is 10.1 Å². The summed E-state index contributed by atoms with van der Waals surface area (Å²) >= 11 is 0. The number of carbonyl (C=O) groups is 1. The highest BCUT2D eigenvalue weighted by Gasteiger charge is 2.27. The van der Waals surface area contributed by atoms with E-state index in [9.17, 15) is 17.6 Å². The SMILES string of the molecule is CC(C)Oc1ccc(S(=O)(=O)N2CCOCC2)cc1NC(=O)/C=C\c1ccc(F)cc1. The minimum atomic E-state index is -3.73. The smallest absolute Gasteiger partial charge is 0.248 e. The van der Waals surface area contributed by atoms with Gasteiger partial charge in [-0.05, 0) is 55.8 Å². The summed E-state index contributed by atoms with van der Waals surface area (Å²) in [5.74, 6) is -0.478. The predicted octanol–water partition coefficient (Wildman–Crippen LogP) is 3.29. The van der Waals surface area contributed by atoms with Crippen LogP contribution >= 0.6 is 0 Å². The van der Waals surface area contributed by atoms with E-state index in [0.717, 1.165) is 0 Å².